The van der Waals surface area contributed by atoms with Gasteiger partial charge >= 0.3 is 0 Å². The van der Waals surface area contributed by atoms with Crippen molar-refractivity contribution >= 4 is 17.3 Å². The van der Waals surface area contributed by atoms with Crippen molar-refractivity contribution in [3.8, 4) is 0 Å². The molecule has 0 aromatic heterocycles. The standard InChI is InChI=1S/C12H19N3O3/c1-17-6-7-18-5-4-15-11-3-2-9(13)8-10(11)12(14)16/h2-3,8,15H,4-7,13H2,1H3,(H2,14,16). The Kier molecular flexibility index (Phi) is 5.96. The monoisotopic (exact) mass is 253 g/mol. The number of methoxy groups -OCH3 is 1. The van der Waals surface area contributed by atoms with Crippen molar-refractivity contribution in [3.63, 3.8) is 0 Å². The average Bonchev–Trinajstić information content (AvgIpc) is 2.35. The van der Waals surface area contributed by atoms with E-state index in [9.17, 15) is 4.79 Å². The van der Waals surface area contributed by atoms with Gasteiger partial charge in [0.25, 0.3) is 5.91 Å². The maximum absolute atomic E-state index is 11.2. The Morgan fingerprint density at radius 1 is 1.33 bits per heavy atom. The van der Waals surface area contributed by atoms with Crippen LogP contribution in [0.1, 0.15) is 10.4 Å². The van der Waals surface area contributed by atoms with Crippen LogP contribution < -0.4 is 16.8 Å². The second kappa shape index (κ2) is 7.52. The Bertz CT molecular complexity index is 396. The van der Waals surface area contributed by atoms with Crippen LogP contribution in [0.15, 0.2) is 18.2 Å². The van der Waals surface area contributed by atoms with Crippen LogP contribution in [0.2, 0.25) is 0 Å². The maximum Gasteiger partial charge on any atom is 0.250 e. The van der Waals surface area contributed by atoms with Gasteiger partial charge in [-0.25, -0.2) is 0 Å². The molecule has 0 heterocycles. The van der Waals surface area contributed by atoms with E-state index < -0.39 is 5.91 Å². The first-order chi connectivity index (χ1) is 8.65. The normalized spacial score (nSPS) is 10.3. The zero-order valence-corrected chi connectivity index (χ0v) is 10.4. The minimum absolute atomic E-state index is 0.381. The summed E-state index contributed by atoms with van der Waals surface area (Å²) in [5.41, 5.74) is 12.4. The number of primary amides is 1. The summed E-state index contributed by atoms with van der Waals surface area (Å²) in [5, 5.41) is 3.08. The molecule has 0 aliphatic carbocycles. The molecule has 1 rings (SSSR count). The summed E-state index contributed by atoms with van der Waals surface area (Å²) in [6, 6.07) is 4.99. The van der Waals surface area contributed by atoms with Crippen LogP contribution >= 0.6 is 0 Å². The third kappa shape index (κ3) is 4.60. The first-order valence-corrected chi connectivity index (χ1v) is 5.65. The largest absolute Gasteiger partial charge is 0.399 e. The predicted octanol–water partition coefficient (Wildman–Crippen LogP) is 0.443. The summed E-state index contributed by atoms with van der Waals surface area (Å²) in [7, 11) is 1.62. The number of amides is 1. The third-order valence-corrected chi connectivity index (χ3v) is 2.30. The molecular formula is C12H19N3O3. The van der Waals surface area contributed by atoms with Crippen molar-refractivity contribution in [2.45, 2.75) is 0 Å². The topological polar surface area (TPSA) is 99.6 Å². The fraction of sp³-hybridized carbons (Fsp3) is 0.417. The number of nitrogen functional groups attached to an aromatic ring is 1. The molecule has 0 bridgehead atoms. The van der Waals surface area contributed by atoms with Crippen LogP contribution in [-0.4, -0.2) is 39.4 Å². The van der Waals surface area contributed by atoms with E-state index in [0.29, 0.717) is 43.3 Å². The highest BCUT2D eigenvalue weighted by Gasteiger charge is 2.07. The smallest absolute Gasteiger partial charge is 0.250 e. The van der Waals surface area contributed by atoms with Crippen LogP contribution in [0.4, 0.5) is 11.4 Å². The number of benzene rings is 1. The SMILES string of the molecule is COCCOCCNc1ccc(N)cc1C(N)=O. The lowest BCUT2D eigenvalue weighted by Gasteiger charge is -2.11. The summed E-state index contributed by atoms with van der Waals surface area (Å²) < 4.78 is 10.1. The molecule has 18 heavy (non-hydrogen) atoms. The van der Waals surface area contributed by atoms with E-state index in [2.05, 4.69) is 5.32 Å². The van der Waals surface area contributed by atoms with Gasteiger partial charge in [0.05, 0.1) is 25.4 Å². The molecule has 6 heteroatoms. The van der Waals surface area contributed by atoms with Gasteiger partial charge < -0.3 is 26.3 Å². The molecule has 0 fully saturated rings. The highest BCUT2D eigenvalue weighted by molar-refractivity contribution is 5.99. The average molecular weight is 253 g/mol. The van der Waals surface area contributed by atoms with E-state index in [0.717, 1.165) is 0 Å². The molecule has 0 radical (unpaired) electrons. The predicted molar refractivity (Wildman–Crippen MR) is 70.6 cm³/mol. The summed E-state index contributed by atoms with van der Waals surface area (Å²) in [6.07, 6.45) is 0. The van der Waals surface area contributed by atoms with Gasteiger partial charge in [-0.2, -0.15) is 0 Å². The lowest BCUT2D eigenvalue weighted by atomic mass is 10.1. The van der Waals surface area contributed by atoms with Gasteiger partial charge in [-0.05, 0) is 18.2 Å². The highest BCUT2D eigenvalue weighted by Crippen LogP contribution is 2.18. The van der Waals surface area contributed by atoms with Crippen molar-refractivity contribution < 1.29 is 14.3 Å². The molecule has 100 valence electrons. The van der Waals surface area contributed by atoms with Gasteiger partial charge in [0, 0.05) is 25.0 Å². The molecule has 0 aliphatic rings. The van der Waals surface area contributed by atoms with Crippen molar-refractivity contribution in [1.82, 2.24) is 0 Å². The Morgan fingerprint density at radius 3 is 2.78 bits per heavy atom. The van der Waals surface area contributed by atoms with Gasteiger partial charge in [0.15, 0.2) is 0 Å². The van der Waals surface area contributed by atoms with E-state index >= 15 is 0 Å². The van der Waals surface area contributed by atoms with Crippen molar-refractivity contribution in [2.24, 2.45) is 5.73 Å². The van der Waals surface area contributed by atoms with Crippen molar-refractivity contribution in [1.29, 1.82) is 0 Å². The van der Waals surface area contributed by atoms with Crippen molar-refractivity contribution in [3.05, 3.63) is 23.8 Å². The molecule has 0 aliphatic heterocycles. The minimum atomic E-state index is -0.509. The Hall–Kier alpha value is -1.79. The van der Waals surface area contributed by atoms with E-state index in [1.807, 2.05) is 0 Å². The quantitative estimate of drug-likeness (QED) is 0.461. The van der Waals surface area contributed by atoms with Crippen LogP contribution in [0.25, 0.3) is 0 Å². The van der Waals surface area contributed by atoms with Gasteiger partial charge in [-0.15, -0.1) is 0 Å². The summed E-state index contributed by atoms with van der Waals surface area (Å²) in [6.45, 7) is 2.21. The molecule has 1 amide bonds. The number of ether oxygens (including phenoxy) is 2. The molecule has 1 aromatic rings. The van der Waals surface area contributed by atoms with Gasteiger partial charge in [-0.3, -0.25) is 4.79 Å². The van der Waals surface area contributed by atoms with Gasteiger partial charge in [0.1, 0.15) is 0 Å². The Morgan fingerprint density at radius 2 is 2.11 bits per heavy atom. The second-order valence-electron chi connectivity index (χ2n) is 3.70. The summed E-state index contributed by atoms with van der Waals surface area (Å²) in [4.78, 5) is 11.2. The molecule has 6 nitrogen and oxygen atoms in total. The number of nitrogens with one attached hydrogen (secondary N) is 1. The third-order valence-electron chi connectivity index (χ3n) is 2.30. The molecule has 0 unspecified atom stereocenters. The van der Waals surface area contributed by atoms with E-state index in [-0.39, 0.29) is 0 Å². The fourth-order valence-corrected chi connectivity index (χ4v) is 1.42. The van der Waals surface area contributed by atoms with Crippen LogP contribution in [0.3, 0.4) is 0 Å². The molecular weight excluding hydrogens is 234 g/mol. The minimum Gasteiger partial charge on any atom is -0.399 e. The summed E-state index contributed by atoms with van der Waals surface area (Å²) >= 11 is 0. The first kappa shape index (κ1) is 14.3. The lowest BCUT2D eigenvalue weighted by molar-refractivity contribution is 0.0759. The van der Waals surface area contributed by atoms with Gasteiger partial charge in [0.2, 0.25) is 0 Å². The first-order valence-electron chi connectivity index (χ1n) is 5.65. The number of hydrogen-bond acceptors (Lipinski definition) is 5. The van der Waals surface area contributed by atoms with Crippen LogP contribution in [0.5, 0.6) is 0 Å². The highest BCUT2D eigenvalue weighted by atomic mass is 16.5. The fourth-order valence-electron chi connectivity index (χ4n) is 1.42. The molecule has 0 saturated carbocycles. The Balaban J connectivity index is 2.44. The zero-order chi connectivity index (χ0) is 13.4. The van der Waals surface area contributed by atoms with E-state index in [4.69, 9.17) is 20.9 Å². The van der Waals surface area contributed by atoms with Crippen LogP contribution in [-0.2, 0) is 9.47 Å². The summed E-state index contributed by atoms with van der Waals surface area (Å²) in [5.74, 6) is -0.509. The number of hydrogen-bond donors (Lipinski definition) is 3. The number of anilines is 2. The lowest BCUT2D eigenvalue weighted by Crippen LogP contribution is -2.17. The molecule has 0 saturated heterocycles. The second-order valence-corrected chi connectivity index (χ2v) is 3.70. The molecule has 0 spiro atoms. The Labute approximate surface area is 106 Å². The van der Waals surface area contributed by atoms with Gasteiger partial charge in [-0.1, -0.05) is 0 Å². The zero-order valence-electron chi connectivity index (χ0n) is 10.4. The maximum atomic E-state index is 11.2. The van der Waals surface area contributed by atoms with E-state index in [1.165, 1.54) is 0 Å². The molecule has 1 aromatic carbocycles. The van der Waals surface area contributed by atoms with Crippen molar-refractivity contribution in [2.75, 3.05) is 44.5 Å². The molecule has 0 atom stereocenters. The van der Waals surface area contributed by atoms with E-state index in [1.54, 1.807) is 25.3 Å². The number of rotatable bonds is 8. The molecule has 5 N–H and O–H groups in total. The number of nitrogens with two attached hydrogens (primary N) is 2. The number of carbonyl (C=O) groups is 1. The van der Waals surface area contributed by atoms with Crippen LogP contribution in [0, 0.1) is 0 Å². The number of carbonyl (C=O) groups excluding carboxylic acids is 1.